The normalized spacial score (nSPS) is 18.2. The molecule has 1 aliphatic rings. The molecule has 5 heteroatoms. The molecule has 0 fully saturated rings. The number of hydrogen-bond acceptors (Lipinski definition) is 4. The van der Waals surface area contributed by atoms with Gasteiger partial charge in [0.25, 0.3) is 5.56 Å². The number of methoxy groups -OCH3 is 1. The van der Waals surface area contributed by atoms with Gasteiger partial charge in [-0.25, -0.2) is 4.98 Å². The molecule has 1 aromatic heterocycles. The summed E-state index contributed by atoms with van der Waals surface area (Å²) in [5.41, 5.74) is 1.02. The Morgan fingerprint density at radius 2 is 2.25 bits per heavy atom. The lowest BCUT2D eigenvalue weighted by Crippen LogP contribution is -2.30. The molecule has 16 heavy (non-hydrogen) atoms. The van der Waals surface area contributed by atoms with E-state index in [9.17, 15) is 4.79 Å². The number of nitrogens with zero attached hydrogens (tertiary/aromatic N) is 1. The average Bonchev–Trinajstić information content (AvgIpc) is 2.76. The summed E-state index contributed by atoms with van der Waals surface area (Å²) in [4.78, 5) is 19.1. The van der Waals surface area contributed by atoms with Crippen LogP contribution in [-0.4, -0.2) is 17.1 Å². The molecule has 0 saturated heterocycles. The Balaban J connectivity index is 2.52. The van der Waals surface area contributed by atoms with Gasteiger partial charge in [0.15, 0.2) is 0 Å². The van der Waals surface area contributed by atoms with Crippen LogP contribution in [-0.2, 0) is 23.4 Å². The summed E-state index contributed by atoms with van der Waals surface area (Å²) < 4.78 is 5.43. The topological polar surface area (TPSA) is 67.0 Å². The van der Waals surface area contributed by atoms with Gasteiger partial charge in [-0.15, -0.1) is 0 Å². The smallest absolute Gasteiger partial charge is 0.255 e. The van der Waals surface area contributed by atoms with Crippen LogP contribution in [0.5, 0.6) is 0 Å². The molecule has 0 spiro atoms. The van der Waals surface area contributed by atoms with Crippen LogP contribution in [0.25, 0.3) is 0 Å². The third kappa shape index (κ3) is 1.66. The molecular weight excluding hydrogens is 206 g/mol. The zero-order valence-corrected chi connectivity index (χ0v) is 9.89. The van der Waals surface area contributed by atoms with E-state index in [1.54, 1.807) is 7.11 Å². The van der Waals surface area contributed by atoms with Gasteiger partial charge in [0, 0.05) is 20.2 Å². The van der Waals surface area contributed by atoms with E-state index < -0.39 is 5.60 Å². The second-order valence-electron chi connectivity index (χ2n) is 4.23. The van der Waals surface area contributed by atoms with E-state index in [-0.39, 0.29) is 5.56 Å². The van der Waals surface area contributed by atoms with Crippen LogP contribution in [0.2, 0.25) is 0 Å². The maximum absolute atomic E-state index is 11.8. The molecule has 2 rings (SSSR count). The summed E-state index contributed by atoms with van der Waals surface area (Å²) in [5.74, 6) is 0.616. The van der Waals surface area contributed by atoms with Crippen molar-refractivity contribution in [2.45, 2.75) is 39.0 Å². The van der Waals surface area contributed by atoms with Crippen molar-refractivity contribution in [3.05, 3.63) is 27.4 Å². The highest BCUT2D eigenvalue weighted by atomic mass is 16.5. The lowest BCUT2D eigenvalue weighted by atomic mass is 10.0. The van der Waals surface area contributed by atoms with E-state index in [1.165, 1.54) is 0 Å². The van der Waals surface area contributed by atoms with Crippen LogP contribution < -0.4 is 10.9 Å². The number of hydrogen-bond donors (Lipinski definition) is 2. The second-order valence-corrected chi connectivity index (χ2v) is 4.23. The van der Waals surface area contributed by atoms with E-state index in [2.05, 4.69) is 15.3 Å². The highest BCUT2D eigenvalue weighted by Gasteiger charge is 2.29. The van der Waals surface area contributed by atoms with Crippen molar-refractivity contribution in [1.82, 2.24) is 15.3 Å². The summed E-state index contributed by atoms with van der Waals surface area (Å²) in [5, 5.41) is 3.12. The number of ether oxygens (including phenoxy) is 1. The molecule has 2 N–H and O–H groups in total. The summed E-state index contributed by atoms with van der Waals surface area (Å²) >= 11 is 0. The maximum atomic E-state index is 11.8. The molecule has 0 amide bonds. The molecule has 0 bridgehead atoms. The number of aromatic amines is 1. The first-order valence-electron chi connectivity index (χ1n) is 5.49. The monoisotopic (exact) mass is 223 g/mol. The predicted molar refractivity (Wildman–Crippen MR) is 60.1 cm³/mol. The van der Waals surface area contributed by atoms with E-state index in [0.29, 0.717) is 18.9 Å². The van der Waals surface area contributed by atoms with Gasteiger partial charge in [-0.1, -0.05) is 6.92 Å². The van der Waals surface area contributed by atoms with Crippen LogP contribution in [0.4, 0.5) is 0 Å². The number of H-pyrrole nitrogens is 1. The number of aromatic nitrogens is 2. The molecule has 1 unspecified atom stereocenters. The van der Waals surface area contributed by atoms with Gasteiger partial charge in [0.2, 0.25) is 0 Å². The molecule has 0 aromatic carbocycles. The summed E-state index contributed by atoms with van der Waals surface area (Å²) in [6, 6.07) is 0. The zero-order chi connectivity index (χ0) is 11.8. The Bertz CT molecular complexity index is 449. The zero-order valence-electron chi connectivity index (χ0n) is 9.89. The van der Waals surface area contributed by atoms with Gasteiger partial charge in [0.1, 0.15) is 11.4 Å². The molecular formula is C11H17N3O2. The number of rotatable bonds is 3. The van der Waals surface area contributed by atoms with Gasteiger partial charge < -0.3 is 15.0 Å². The summed E-state index contributed by atoms with van der Waals surface area (Å²) in [6.45, 7) is 5.21. The van der Waals surface area contributed by atoms with Gasteiger partial charge in [-0.3, -0.25) is 4.79 Å². The minimum atomic E-state index is -0.517. The van der Waals surface area contributed by atoms with Crippen molar-refractivity contribution in [3.63, 3.8) is 0 Å². The first-order valence-corrected chi connectivity index (χ1v) is 5.49. The van der Waals surface area contributed by atoms with Crippen molar-refractivity contribution in [2.75, 3.05) is 7.11 Å². The van der Waals surface area contributed by atoms with Crippen molar-refractivity contribution in [2.24, 2.45) is 0 Å². The van der Waals surface area contributed by atoms with Crippen LogP contribution in [0.3, 0.4) is 0 Å². The third-order valence-electron chi connectivity index (χ3n) is 3.32. The summed E-state index contributed by atoms with van der Waals surface area (Å²) in [7, 11) is 1.63. The Labute approximate surface area is 94.2 Å². The SMILES string of the molecule is CCC(C)(OC)c1nc2c(c(=O)[nH]1)CNC2. The van der Waals surface area contributed by atoms with Gasteiger partial charge in [-0.05, 0) is 13.3 Å². The van der Waals surface area contributed by atoms with Crippen molar-refractivity contribution < 1.29 is 4.74 Å². The minimum Gasteiger partial charge on any atom is -0.371 e. The maximum Gasteiger partial charge on any atom is 0.255 e. The Morgan fingerprint density at radius 1 is 1.50 bits per heavy atom. The van der Waals surface area contributed by atoms with Crippen LogP contribution in [0.15, 0.2) is 4.79 Å². The lowest BCUT2D eigenvalue weighted by molar-refractivity contribution is -0.00934. The number of fused-ring (bicyclic) bond motifs is 1. The van der Waals surface area contributed by atoms with E-state index >= 15 is 0 Å². The van der Waals surface area contributed by atoms with Gasteiger partial charge in [-0.2, -0.15) is 0 Å². The predicted octanol–water partition coefficient (Wildman–Crippen LogP) is 0.645. The fourth-order valence-electron chi connectivity index (χ4n) is 1.84. The van der Waals surface area contributed by atoms with Gasteiger partial charge >= 0.3 is 0 Å². The van der Waals surface area contributed by atoms with Crippen molar-refractivity contribution >= 4 is 0 Å². The fourth-order valence-corrected chi connectivity index (χ4v) is 1.84. The standard InChI is InChI=1S/C11H17N3O2/c1-4-11(2,16-3)10-13-8-6-12-5-7(8)9(15)14-10/h12H,4-6H2,1-3H3,(H,13,14,15). The van der Waals surface area contributed by atoms with Crippen LogP contribution in [0.1, 0.15) is 37.4 Å². The third-order valence-corrected chi connectivity index (χ3v) is 3.32. The Hall–Kier alpha value is -1.20. The first-order chi connectivity index (χ1) is 7.60. The van der Waals surface area contributed by atoms with Gasteiger partial charge in [0.05, 0.1) is 11.3 Å². The van der Waals surface area contributed by atoms with Crippen LogP contribution >= 0.6 is 0 Å². The van der Waals surface area contributed by atoms with E-state index in [1.807, 2.05) is 13.8 Å². The average molecular weight is 223 g/mol. The quantitative estimate of drug-likeness (QED) is 0.789. The Kier molecular flexibility index (Phi) is 2.82. The minimum absolute atomic E-state index is 0.0540. The summed E-state index contributed by atoms with van der Waals surface area (Å²) in [6.07, 6.45) is 0.763. The molecule has 0 aliphatic carbocycles. The lowest BCUT2D eigenvalue weighted by Gasteiger charge is -2.25. The van der Waals surface area contributed by atoms with Crippen molar-refractivity contribution in [1.29, 1.82) is 0 Å². The highest BCUT2D eigenvalue weighted by Crippen LogP contribution is 2.25. The molecule has 1 aliphatic heterocycles. The molecule has 5 nitrogen and oxygen atoms in total. The van der Waals surface area contributed by atoms with E-state index in [0.717, 1.165) is 17.7 Å². The fraction of sp³-hybridized carbons (Fsp3) is 0.636. The molecule has 0 saturated carbocycles. The largest absolute Gasteiger partial charge is 0.371 e. The van der Waals surface area contributed by atoms with Crippen molar-refractivity contribution in [3.8, 4) is 0 Å². The molecule has 1 aromatic rings. The molecule has 2 heterocycles. The molecule has 88 valence electrons. The Morgan fingerprint density at radius 3 is 2.88 bits per heavy atom. The first kappa shape index (κ1) is 11.3. The molecule has 1 atom stereocenters. The number of nitrogens with one attached hydrogen (secondary N) is 2. The van der Waals surface area contributed by atoms with E-state index in [4.69, 9.17) is 4.74 Å². The second kappa shape index (κ2) is 3.99. The molecule has 0 radical (unpaired) electrons. The highest BCUT2D eigenvalue weighted by molar-refractivity contribution is 5.22. The van der Waals surface area contributed by atoms with Crippen LogP contribution in [0, 0.1) is 0 Å².